The lowest BCUT2D eigenvalue weighted by atomic mass is 9.55. The molecule has 0 spiro atoms. The highest BCUT2D eigenvalue weighted by Crippen LogP contribution is 2.29. The van der Waals surface area contributed by atoms with Gasteiger partial charge in [0, 0.05) is 18.0 Å². The summed E-state index contributed by atoms with van der Waals surface area (Å²) < 4.78 is 19.4. The molecule has 0 aliphatic rings. The van der Waals surface area contributed by atoms with Crippen LogP contribution >= 0.6 is 0 Å². The molecule has 3 unspecified atom stereocenters. The van der Waals surface area contributed by atoms with E-state index in [0.717, 1.165) is 67.5 Å². The van der Waals surface area contributed by atoms with Crippen molar-refractivity contribution in [2.75, 3.05) is 7.11 Å². The fourth-order valence-corrected chi connectivity index (χ4v) is 7.35. The Morgan fingerprint density at radius 3 is 1.23 bits per heavy atom. The summed E-state index contributed by atoms with van der Waals surface area (Å²) in [5, 5.41) is 11.7. The number of aldehydes is 1. The number of hydrogen-bond donors (Lipinski definition) is 1. The highest BCUT2D eigenvalue weighted by atomic mass is 16.5. The van der Waals surface area contributed by atoms with Crippen molar-refractivity contribution in [1.29, 1.82) is 0 Å². The first-order chi connectivity index (χ1) is 29.6. The summed E-state index contributed by atoms with van der Waals surface area (Å²) in [6.45, 7) is -0.893. The lowest BCUT2D eigenvalue weighted by Gasteiger charge is -2.25. The zero-order chi connectivity index (χ0) is 41.1. The average Bonchev–Trinajstić information content (AvgIpc) is 3.33. The number of aromatic nitrogens is 2. The zero-order valence-corrected chi connectivity index (χ0v) is 33.1. The van der Waals surface area contributed by atoms with Crippen LogP contribution in [0.3, 0.4) is 0 Å². The molecule has 0 bridgehead atoms. The van der Waals surface area contributed by atoms with E-state index in [-0.39, 0.29) is 0 Å². The molecule has 0 aliphatic carbocycles. The first kappa shape index (κ1) is 39.9. The molecule has 60 heavy (non-hydrogen) atoms. The van der Waals surface area contributed by atoms with Gasteiger partial charge in [-0.3, -0.25) is 14.8 Å². The number of hydrogen-bond acceptors (Lipinski definition) is 7. The maximum atomic E-state index is 11.7. The summed E-state index contributed by atoms with van der Waals surface area (Å²) in [7, 11) is 1.65. The van der Waals surface area contributed by atoms with Gasteiger partial charge in [0.1, 0.15) is 30.3 Å². The van der Waals surface area contributed by atoms with E-state index in [1.807, 2.05) is 170 Å². The quantitative estimate of drug-likeness (QED) is 0.0819. The topological polar surface area (TPSA) is 90.8 Å². The van der Waals surface area contributed by atoms with Crippen molar-refractivity contribution in [2.24, 2.45) is 0 Å². The fourth-order valence-electron chi connectivity index (χ4n) is 7.35. The van der Waals surface area contributed by atoms with Crippen LogP contribution in [0.5, 0.6) is 5.75 Å². The molecule has 1 N–H and O–H groups in total. The number of methoxy groups -OCH3 is 1. The molecule has 0 fully saturated rings. The van der Waals surface area contributed by atoms with Crippen LogP contribution in [0.4, 0.5) is 0 Å². The minimum absolute atomic E-state index is 0.432. The predicted molar refractivity (Wildman–Crippen MR) is 239 cm³/mol. The predicted octanol–water partition coefficient (Wildman–Crippen LogP) is 7.20. The Balaban J connectivity index is 1.06. The van der Waals surface area contributed by atoms with Gasteiger partial charge in [0.15, 0.2) is 0 Å². The molecule has 2 aromatic heterocycles. The summed E-state index contributed by atoms with van der Waals surface area (Å²) in [5.41, 5.74) is 9.27. The summed E-state index contributed by atoms with van der Waals surface area (Å²) in [6, 6.07) is 62.9. The maximum Gasteiger partial charge on any atom is 0.362 e. The van der Waals surface area contributed by atoms with E-state index >= 15 is 0 Å². The summed E-state index contributed by atoms with van der Waals surface area (Å²) in [4.78, 5) is 20.8. The molecule has 0 saturated heterocycles. The number of carbonyl (C=O) groups excluding carboxylic acids is 1. The Kier molecular flexibility index (Phi) is 12.8. The van der Waals surface area contributed by atoms with Crippen molar-refractivity contribution in [3.63, 3.8) is 0 Å². The average molecular weight is 785 g/mol. The number of carbonyl (C=O) groups is 1. The van der Waals surface area contributed by atoms with E-state index in [9.17, 15) is 9.90 Å². The van der Waals surface area contributed by atoms with Gasteiger partial charge in [-0.05, 0) is 80.5 Å². The van der Waals surface area contributed by atoms with Gasteiger partial charge in [0.2, 0.25) is 0 Å². The molecule has 0 saturated carbocycles. The maximum absolute atomic E-state index is 11.7. The molecule has 0 aliphatic heterocycles. The standard InChI is InChI=1S/C51H42B2N2O5/c1-58-46-32-26-41(27-33-46)51(48-17-9-11-35-55-48)60-53(43-14-6-3-7-15-43)45-30-24-39(25-31-45)49(57)38-22-28-44(29-23-38)52(42-12-4-2-5-13-42)59-50(47-16-8-10-34-54-47)40-20-18-37(36-56)19-21-40/h2-36,49-51,57H,1H3. The molecule has 7 nitrogen and oxygen atoms in total. The molecule has 2 heterocycles. The molecule has 8 aromatic rings. The van der Waals surface area contributed by atoms with E-state index in [1.54, 1.807) is 31.6 Å². The van der Waals surface area contributed by atoms with E-state index in [0.29, 0.717) is 5.56 Å². The van der Waals surface area contributed by atoms with Crippen LogP contribution in [0.2, 0.25) is 0 Å². The van der Waals surface area contributed by atoms with Crippen LogP contribution < -0.4 is 26.6 Å². The highest BCUT2D eigenvalue weighted by Gasteiger charge is 2.30. The van der Waals surface area contributed by atoms with Crippen LogP contribution in [-0.4, -0.2) is 42.3 Å². The molecule has 0 radical (unpaired) electrons. The van der Waals surface area contributed by atoms with Crippen LogP contribution in [0.25, 0.3) is 0 Å². The number of aliphatic hydroxyl groups excluding tert-OH is 1. The number of nitrogens with zero attached hydrogens (tertiary/aromatic N) is 2. The molecule has 6 aromatic carbocycles. The summed E-state index contributed by atoms with van der Waals surface area (Å²) in [6.07, 6.45) is 2.51. The molecule has 3 atom stereocenters. The molecular weight excluding hydrogens is 742 g/mol. The van der Waals surface area contributed by atoms with Crippen LogP contribution in [-0.2, 0) is 9.31 Å². The Labute approximate surface area is 351 Å². The zero-order valence-electron chi connectivity index (χ0n) is 33.1. The lowest BCUT2D eigenvalue weighted by Crippen LogP contribution is -2.46. The third-order valence-electron chi connectivity index (χ3n) is 10.6. The van der Waals surface area contributed by atoms with Gasteiger partial charge in [-0.1, -0.05) is 158 Å². The number of benzene rings is 6. The number of ether oxygens (including phenoxy) is 1. The Hall–Kier alpha value is -6.90. The van der Waals surface area contributed by atoms with Crippen LogP contribution in [0, 0.1) is 0 Å². The molecule has 292 valence electrons. The Bertz CT molecular complexity index is 2550. The second-order valence-electron chi connectivity index (χ2n) is 14.4. The van der Waals surface area contributed by atoms with Crippen molar-refractivity contribution in [1.82, 2.24) is 9.97 Å². The van der Waals surface area contributed by atoms with Gasteiger partial charge < -0.3 is 19.2 Å². The van der Waals surface area contributed by atoms with Gasteiger partial charge in [-0.2, -0.15) is 0 Å². The first-order valence-electron chi connectivity index (χ1n) is 19.9. The van der Waals surface area contributed by atoms with Crippen molar-refractivity contribution >= 4 is 42.0 Å². The lowest BCUT2D eigenvalue weighted by molar-refractivity contribution is 0.112. The molecule has 9 heteroatoms. The smallest absolute Gasteiger partial charge is 0.362 e. The van der Waals surface area contributed by atoms with Gasteiger partial charge >= 0.3 is 13.8 Å². The van der Waals surface area contributed by atoms with Crippen LogP contribution in [0.15, 0.2) is 207 Å². The van der Waals surface area contributed by atoms with Crippen molar-refractivity contribution in [3.8, 4) is 5.75 Å². The van der Waals surface area contributed by atoms with Crippen molar-refractivity contribution in [3.05, 3.63) is 246 Å². The van der Waals surface area contributed by atoms with Gasteiger partial charge in [0.05, 0.1) is 18.5 Å². The van der Waals surface area contributed by atoms with Gasteiger partial charge in [-0.25, -0.2) is 0 Å². The van der Waals surface area contributed by atoms with E-state index in [2.05, 4.69) is 22.1 Å². The van der Waals surface area contributed by atoms with Crippen molar-refractivity contribution in [2.45, 2.75) is 18.3 Å². The van der Waals surface area contributed by atoms with Gasteiger partial charge in [-0.15, -0.1) is 0 Å². The Morgan fingerprint density at radius 1 is 0.467 bits per heavy atom. The third kappa shape index (κ3) is 9.35. The number of rotatable bonds is 16. The van der Waals surface area contributed by atoms with Crippen molar-refractivity contribution < 1.29 is 23.9 Å². The van der Waals surface area contributed by atoms with E-state index in [1.165, 1.54) is 0 Å². The van der Waals surface area contributed by atoms with E-state index in [4.69, 9.17) is 14.0 Å². The Morgan fingerprint density at radius 2 is 0.850 bits per heavy atom. The number of aliphatic hydroxyl groups is 1. The normalized spacial score (nSPS) is 12.5. The summed E-state index contributed by atoms with van der Waals surface area (Å²) >= 11 is 0. The first-order valence-corrected chi connectivity index (χ1v) is 19.9. The fraction of sp³-hybridized carbons (Fsp3) is 0.0784. The molecule has 0 amide bonds. The van der Waals surface area contributed by atoms with Gasteiger partial charge in [0.25, 0.3) is 0 Å². The second-order valence-corrected chi connectivity index (χ2v) is 14.4. The third-order valence-corrected chi connectivity index (χ3v) is 10.6. The number of pyridine rings is 2. The molecular formula is C51H42B2N2O5. The second kappa shape index (κ2) is 19.2. The largest absolute Gasteiger partial charge is 0.497 e. The minimum atomic E-state index is -0.876. The van der Waals surface area contributed by atoms with E-state index < -0.39 is 32.1 Å². The minimum Gasteiger partial charge on any atom is -0.497 e. The monoisotopic (exact) mass is 784 g/mol. The highest BCUT2D eigenvalue weighted by molar-refractivity contribution is 6.80. The van der Waals surface area contributed by atoms with Crippen LogP contribution in [0.1, 0.15) is 62.3 Å². The molecule has 8 rings (SSSR count). The SMILES string of the molecule is COc1ccc(C(OB(c2ccccc2)c2ccc(C(O)c3ccc(B(OC(c4ccc(C=O)cc4)c4ccccn4)c4ccccc4)cc3)cc2)c2ccccn2)cc1. The summed E-state index contributed by atoms with van der Waals surface area (Å²) in [5.74, 6) is 0.763.